The second kappa shape index (κ2) is 2.67. The molecule has 0 radical (unpaired) electrons. The van der Waals surface area contributed by atoms with Crippen molar-refractivity contribution >= 4 is 0 Å². The molecule has 4 nitrogen and oxygen atoms in total. The van der Waals surface area contributed by atoms with Crippen molar-refractivity contribution < 1.29 is 18.9 Å². The van der Waals surface area contributed by atoms with E-state index < -0.39 is 5.79 Å². The molecule has 0 spiro atoms. The first kappa shape index (κ1) is 8.44. The molecule has 2 aliphatic heterocycles. The van der Waals surface area contributed by atoms with E-state index in [1.165, 1.54) is 0 Å². The Labute approximate surface area is 71.7 Å². The van der Waals surface area contributed by atoms with E-state index in [-0.39, 0.29) is 18.5 Å². The van der Waals surface area contributed by atoms with Crippen LogP contribution in [0.3, 0.4) is 0 Å². The average Bonchev–Trinajstić information content (AvgIpc) is 2.42. The molecule has 0 bridgehead atoms. The number of fused-ring (bicyclic) bond motifs is 1. The van der Waals surface area contributed by atoms with Crippen LogP contribution in [0.2, 0.25) is 0 Å². The summed E-state index contributed by atoms with van der Waals surface area (Å²) in [6.45, 7) is 4.36. The lowest BCUT2D eigenvalue weighted by Gasteiger charge is -2.20. The summed E-state index contributed by atoms with van der Waals surface area (Å²) in [4.78, 5) is 0. The van der Waals surface area contributed by atoms with E-state index in [2.05, 4.69) is 0 Å². The second-order valence-electron chi connectivity index (χ2n) is 3.58. The van der Waals surface area contributed by atoms with Gasteiger partial charge in [-0.1, -0.05) is 0 Å². The molecule has 70 valence electrons. The van der Waals surface area contributed by atoms with Gasteiger partial charge in [0.25, 0.3) is 0 Å². The SMILES string of the molecule is COC1OC[C@H]2OC(C)(C)O[C@@H]12. The van der Waals surface area contributed by atoms with Gasteiger partial charge in [0.1, 0.15) is 12.2 Å². The van der Waals surface area contributed by atoms with Gasteiger partial charge in [-0.3, -0.25) is 0 Å². The summed E-state index contributed by atoms with van der Waals surface area (Å²) in [5, 5.41) is 0. The fourth-order valence-electron chi connectivity index (χ4n) is 1.71. The molecule has 12 heavy (non-hydrogen) atoms. The van der Waals surface area contributed by atoms with Gasteiger partial charge in [-0.05, 0) is 13.8 Å². The molecule has 0 N–H and O–H groups in total. The lowest BCUT2D eigenvalue weighted by atomic mass is 10.2. The van der Waals surface area contributed by atoms with Crippen LogP contribution in [0.5, 0.6) is 0 Å². The number of hydrogen-bond acceptors (Lipinski definition) is 4. The van der Waals surface area contributed by atoms with Crippen molar-refractivity contribution in [1.29, 1.82) is 0 Å². The molecule has 2 rings (SSSR count). The van der Waals surface area contributed by atoms with Crippen LogP contribution >= 0.6 is 0 Å². The van der Waals surface area contributed by atoms with Crippen LogP contribution in [0.4, 0.5) is 0 Å². The highest BCUT2D eigenvalue weighted by atomic mass is 16.8. The van der Waals surface area contributed by atoms with Crippen molar-refractivity contribution in [2.75, 3.05) is 13.7 Å². The van der Waals surface area contributed by atoms with Gasteiger partial charge in [0.05, 0.1) is 6.61 Å². The molecule has 2 saturated heterocycles. The monoisotopic (exact) mass is 174 g/mol. The third kappa shape index (κ3) is 1.25. The Morgan fingerprint density at radius 3 is 2.75 bits per heavy atom. The van der Waals surface area contributed by atoms with Crippen LogP contribution in [0.25, 0.3) is 0 Å². The van der Waals surface area contributed by atoms with Crippen LogP contribution in [0.15, 0.2) is 0 Å². The van der Waals surface area contributed by atoms with E-state index in [0.29, 0.717) is 6.61 Å². The smallest absolute Gasteiger partial charge is 0.186 e. The molecule has 2 heterocycles. The van der Waals surface area contributed by atoms with Crippen LogP contribution in [0.1, 0.15) is 13.8 Å². The summed E-state index contributed by atoms with van der Waals surface area (Å²) in [5.74, 6) is -0.490. The van der Waals surface area contributed by atoms with Gasteiger partial charge in [0.2, 0.25) is 0 Å². The molecule has 0 aromatic carbocycles. The van der Waals surface area contributed by atoms with Gasteiger partial charge in [-0.2, -0.15) is 0 Å². The molecule has 0 aromatic rings. The second-order valence-corrected chi connectivity index (χ2v) is 3.58. The minimum atomic E-state index is -0.490. The minimum absolute atomic E-state index is 0.0324. The fourth-order valence-corrected chi connectivity index (χ4v) is 1.71. The highest BCUT2D eigenvalue weighted by Gasteiger charge is 2.50. The molecular weight excluding hydrogens is 160 g/mol. The van der Waals surface area contributed by atoms with Crippen molar-refractivity contribution in [2.24, 2.45) is 0 Å². The van der Waals surface area contributed by atoms with Crippen molar-refractivity contribution in [1.82, 2.24) is 0 Å². The van der Waals surface area contributed by atoms with E-state index >= 15 is 0 Å². The maximum absolute atomic E-state index is 5.60. The van der Waals surface area contributed by atoms with E-state index in [1.54, 1.807) is 7.11 Å². The summed E-state index contributed by atoms with van der Waals surface area (Å²) < 4.78 is 21.6. The quantitative estimate of drug-likeness (QED) is 0.580. The normalized spacial score (nSPS) is 44.8. The molecule has 2 aliphatic rings. The van der Waals surface area contributed by atoms with Crippen molar-refractivity contribution in [3.63, 3.8) is 0 Å². The van der Waals surface area contributed by atoms with E-state index in [1.807, 2.05) is 13.8 Å². The van der Waals surface area contributed by atoms with Crippen molar-refractivity contribution in [3.8, 4) is 0 Å². The topological polar surface area (TPSA) is 36.9 Å². The average molecular weight is 174 g/mol. The third-order valence-corrected chi connectivity index (χ3v) is 2.15. The molecule has 0 amide bonds. The molecule has 0 saturated carbocycles. The zero-order chi connectivity index (χ0) is 8.77. The zero-order valence-electron chi connectivity index (χ0n) is 7.57. The molecule has 0 aliphatic carbocycles. The van der Waals surface area contributed by atoms with Gasteiger partial charge >= 0.3 is 0 Å². The highest BCUT2D eigenvalue weighted by molar-refractivity contribution is 4.88. The van der Waals surface area contributed by atoms with Crippen LogP contribution < -0.4 is 0 Å². The van der Waals surface area contributed by atoms with Gasteiger partial charge in [-0.15, -0.1) is 0 Å². The van der Waals surface area contributed by atoms with Gasteiger partial charge < -0.3 is 18.9 Å². The number of ether oxygens (including phenoxy) is 4. The largest absolute Gasteiger partial charge is 0.353 e. The highest BCUT2D eigenvalue weighted by Crippen LogP contribution is 2.35. The van der Waals surface area contributed by atoms with Gasteiger partial charge in [-0.25, -0.2) is 0 Å². The summed E-state index contributed by atoms with van der Waals surface area (Å²) in [6.07, 6.45) is -0.299. The number of methoxy groups -OCH3 is 1. The van der Waals surface area contributed by atoms with E-state index in [0.717, 1.165) is 0 Å². The molecule has 0 aromatic heterocycles. The number of rotatable bonds is 1. The first-order valence-corrected chi connectivity index (χ1v) is 4.12. The molecule has 4 heteroatoms. The first-order chi connectivity index (χ1) is 5.62. The van der Waals surface area contributed by atoms with Gasteiger partial charge in [0, 0.05) is 7.11 Å². The Morgan fingerprint density at radius 2 is 2.08 bits per heavy atom. The molecular formula is C8H14O4. The standard InChI is InChI=1S/C8H14O4/c1-8(2)11-5-4-10-7(9-3)6(5)12-8/h5-7H,4H2,1-3H3/t5-,6-,7?/m1/s1. The summed E-state index contributed by atoms with van der Waals surface area (Å²) in [7, 11) is 1.61. The Morgan fingerprint density at radius 1 is 1.33 bits per heavy atom. The van der Waals surface area contributed by atoms with Crippen LogP contribution in [-0.4, -0.2) is 38.0 Å². The fraction of sp³-hybridized carbons (Fsp3) is 1.00. The van der Waals surface area contributed by atoms with Crippen LogP contribution in [-0.2, 0) is 18.9 Å². The molecule has 3 atom stereocenters. The Kier molecular flexibility index (Phi) is 1.88. The van der Waals surface area contributed by atoms with E-state index in [4.69, 9.17) is 18.9 Å². The molecule has 1 unspecified atom stereocenters. The Balaban J connectivity index is 2.06. The predicted octanol–water partition coefficient (Wildman–Crippen LogP) is 0.509. The van der Waals surface area contributed by atoms with E-state index in [9.17, 15) is 0 Å². The van der Waals surface area contributed by atoms with Gasteiger partial charge in [0.15, 0.2) is 12.1 Å². The first-order valence-electron chi connectivity index (χ1n) is 4.12. The van der Waals surface area contributed by atoms with Crippen molar-refractivity contribution in [2.45, 2.75) is 38.1 Å². The number of hydrogen-bond donors (Lipinski definition) is 0. The lowest BCUT2D eigenvalue weighted by molar-refractivity contribution is -0.212. The minimum Gasteiger partial charge on any atom is -0.353 e. The van der Waals surface area contributed by atoms with Crippen molar-refractivity contribution in [3.05, 3.63) is 0 Å². The van der Waals surface area contributed by atoms with Crippen LogP contribution in [0, 0.1) is 0 Å². The summed E-state index contributed by atoms with van der Waals surface area (Å²) >= 11 is 0. The Hall–Kier alpha value is -0.160. The predicted molar refractivity (Wildman–Crippen MR) is 40.6 cm³/mol. The maximum Gasteiger partial charge on any atom is 0.186 e. The third-order valence-electron chi connectivity index (χ3n) is 2.15. The summed E-state index contributed by atoms with van der Waals surface area (Å²) in [6, 6.07) is 0. The zero-order valence-corrected chi connectivity index (χ0v) is 7.57. The Bertz CT molecular complexity index is 180. The lowest BCUT2D eigenvalue weighted by Crippen LogP contribution is -2.30. The summed E-state index contributed by atoms with van der Waals surface area (Å²) in [5.41, 5.74) is 0. The maximum atomic E-state index is 5.60. The molecule has 2 fully saturated rings.